The van der Waals surface area contributed by atoms with Gasteiger partial charge >= 0.3 is 0 Å². The number of aryl methyl sites for hydroxylation is 1. The number of hydrogen-bond donors (Lipinski definition) is 1. The standard InChI is InChI=1S/C13H17N3O/c1-3-4-5-13(17)15-11-6-7-12-14-8-9-16(12)10(11)2/h6-9H,3-5H2,1-2H3,(H,15,17). The number of rotatable bonds is 4. The molecule has 2 aromatic rings. The number of hydrogen-bond acceptors (Lipinski definition) is 2. The van der Waals surface area contributed by atoms with Crippen LogP contribution in [-0.2, 0) is 4.79 Å². The summed E-state index contributed by atoms with van der Waals surface area (Å²) in [7, 11) is 0. The van der Waals surface area contributed by atoms with E-state index in [9.17, 15) is 4.79 Å². The summed E-state index contributed by atoms with van der Waals surface area (Å²) >= 11 is 0. The van der Waals surface area contributed by atoms with Gasteiger partial charge in [0.15, 0.2) is 0 Å². The first kappa shape index (κ1) is 11.6. The molecule has 90 valence electrons. The van der Waals surface area contributed by atoms with Crippen LogP contribution >= 0.6 is 0 Å². The van der Waals surface area contributed by atoms with E-state index in [1.165, 1.54) is 0 Å². The number of pyridine rings is 1. The van der Waals surface area contributed by atoms with E-state index in [4.69, 9.17) is 0 Å². The highest BCUT2D eigenvalue weighted by Crippen LogP contribution is 2.17. The number of nitrogens with zero attached hydrogens (tertiary/aromatic N) is 2. The molecule has 0 aliphatic carbocycles. The van der Waals surface area contributed by atoms with Crippen molar-refractivity contribution in [2.45, 2.75) is 33.1 Å². The van der Waals surface area contributed by atoms with Crippen LogP contribution in [0.25, 0.3) is 5.65 Å². The van der Waals surface area contributed by atoms with Crippen LogP contribution in [0.3, 0.4) is 0 Å². The lowest BCUT2D eigenvalue weighted by Crippen LogP contribution is -2.13. The van der Waals surface area contributed by atoms with E-state index in [0.29, 0.717) is 6.42 Å². The van der Waals surface area contributed by atoms with E-state index in [1.54, 1.807) is 6.20 Å². The van der Waals surface area contributed by atoms with Gasteiger partial charge in [-0.15, -0.1) is 0 Å². The summed E-state index contributed by atoms with van der Waals surface area (Å²) < 4.78 is 1.97. The molecular weight excluding hydrogens is 214 g/mol. The van der Waals surface area contributed by atoms with Crippen LogP contribution in [0.1, 0.15) is 31.9 Å². The molecule has 0 aliphatic heterocycles. The molecule has 0 atom stereocenters. The number of unbranched alkanes of at least 4 members (excludes halogenated alkanes) is 1. The predicted molar refractivity (Wildman–Crippen MR) is 68.1 cm³/mol. The maximum Gasteiger partial charge on any atom is 0.224 e. The molecule has 1 N–H and O–H groups in total. The second kappa shape index (κ2) is 4.99. The van der Waals surface area contributed by atoms with Crippen LogP contribution in [0.5, 0.6) is 0 Å². The smallest absolute Gasteiger partial charge is 0.224 e. The average Bonchev–Trinajstić information content (AvgIpc) is 2.79. The number of fused-ring (bicyclic) bond motifs is 1. The Hall–Kier alpha value is -1.84. The van der Waals surface area contributed by atoms with E-state index in [0.717, 1.165) is 29.9 Å². The fourth-order valence-electron chi connectivity index (χ4n) is 1.81. The molecule has 17 heavy (non-hydrogen) atoms. The summed E-state index contributed by atoms with van der Waals surface area (Å²) in [5.74, 6) is 0.0782. The lowest BCUT2D eigenvalue weighted by molar-refractivity contribution is -0.116. The van der Waals surface area contributed by atoms with Gasteiger partial charge < -0.3 is 9.72 Å². The fourth-order valence-corrected chi connectivity index (χ4v) is 1.81. The zero-order valence-electron chi connectivity index (χ0n) is 10.2. The Balaban J connectivity index is 2.18. The maximum atomic E-state index is 11.7. The molecule has 2 rings (SSSR count). The lowest BCUT2D eigenvalue weighted by Gasteiger charge is -2.09. The first-order chi connectivity index (χ1) is 8.22. The summed E-state index contributed by atoms with van der Waals surface area (Å²) in [6.07, 6.45) is 6.19. The van der Waals surface area contributed by atoms with Crippen molar-refractivity contribution in [2.75, 3.05) is 5.32 Å². The zero-order valence-corrected chi connectivity index (χ0v) is 10.2. The van der Waals surface area contributed by atoms with Crippen LogP contribution in [0.2, 0.25) is 0 Å². The van der Waals surface area contributed by atoms with Crippen LogP contribution in [-0.4, -0.2) is 15.3 Å². The third-order valence-corrected chi connectivity index (χ3v) is 2.85. The molecule has 0 spiro atoms. The molecule has 0 saturated carbocycles. The molecule has 0 unspecified atom stereocenters. The molecule has 2 heterocycles. The molecule has 0 radical (unpaired) electrons. The van der Waals surface area contributed by atoms with Crippen LogP contribution in [0.15, 0.2) is 24.5 Å². The highest BCUT2D eigenvalue weighted by molar-refractivity contribution is 5.91. The number of anilines is 1. The van der Waals surface area contributed by atoms with Crippen LogP contribution in [0.4, 0.5) is 5.69 Å². The van der Waals surface area contributed by atoms with Gasteiger partial charge in [-0.1, -0.05) is 13.3 Å². The Kier molecular flexibility index (Phi) is 3.42. The predicted octanol–water partition coefficient (Wildman–Crippen LogP) is 2.77. The molecule has 2 aromatic heterocycles. The number of imidazole rings is 1. The zero-order chi connectivity index (χ0) is 12.3. The summed E-state index contributed by atoms with van der Waals surface area (Å²) in [5.41, 5.74) is 2.76. The van der Waals surface area contributed by atoms with Gasteiger partial charge in [-0.2, -0.15) is 0 Å². The number of carbonyl (C=O) groups excluding carboxylic acids is 1. The van der Waals surface area contributed by atoms with Crippen molar-refractivity contribution in [3.8, 4) is 0 Å². The number of aromatic nitrogens is 2. The molecule has 4 nitrogen and oxygen atoms in total. The average molecular weight is 231 g/mol. The summed E-state index contributed by atoms with van der Waals surface area (Å²) in [4.78, 5) is 15.9. The van der Waals surface area contributed by atoms with E-state index in [2.05, 4.69) is 17.2 Å². The molecule has 0 bridgehead atoms. The summed E-state index contributed by atoms with van der Waals surface area (Å²) in [6, 6.07) is 3.81. The minimum absolute atomic E-state index is 0.0782. The van der Waals surface area contributed by atoms with Crippen molar-refractivity contribution in [1.82, 2.24) is 9.38 Å². The fraction of sp³-hybridized carbons (Fsp3) is 0.385. The number of carbonyl (C=O) groups is 1. The van der Waals surface area contributed by atoms with Crippen LogP contribution in [0, 0.1) is 6.92 Å². The monoisotopic (exact) mass is 231 g/mol. The number of nitrogens with one attached hydrogen (secondary N) is 1. The van der Waals surface area contributed by atoms with E-state index < -0.39 is 0 Å². The van der Waals surface area contributed by atoms with Gasteiger partial charge in [-0.05, 0) is 25.5 Å². The van der Waals surface area contributed by atoms with Gasteiger partial charge in [0.05, 0.1) is 5.69 Å². The van der Waals surface area contributed by atoms with Gasteiger partial charge in [0, 0.05) is 24.5 Å². The Morgan fingerprint density at radius 1 is 1.47 bits per heavy atom. The normalized spacial score (nSPS) is 10.7. The highest BCUT2D eigenvalue weighted by Gasteiger charge is 2.06. The van der Waals surface area contributed by atoms with Gasteiger partial charge in [0.25, 0.3) is 0 Å². The van der Waals surface area contributed by atoms with Gasteiger partial charge in [0.1, 0.15) is 5.65 Å². The molecule has 0 aliphatic rings. The van der Waals surface area contributed by atoms with Crippen LogP contribution < -0.4 is 5.32 Å². The molecule has 0 saturated heterocycles. The number of amides is 1. The summed E-state index contributed by atoms with van der Waals surface area (Å²) in [6.45, 7) is 4.06. The Morgan fingerprint density at radius 3 is 3.06 bits per heavy atom. The lowest BCUT2D eigenvalue weighted by atomic mass is 10.2. The molecule has 0 aromatic carbocycles. The quantitative estimate of drug-likeness (QED) is 0.879. The Labute approximate surface area is 101 Å². The topological polar surface area (TPSA) is 46.4 Å². The minimum atomic E-state index is 0.0782. The van der Waals surface area contributed by atoms with Gasteiger partial charge in [-0.25, -0.2) is 4.98 Å². The van der Waals surface area contributed by atoms with E-state index in [-0.39, 0.29) is 5.91 Å². The highest BCUT2D eigenvalue weighted by atomic mass is 16.1. The largest absolute Gasteiger partial charge is 0.325 e. The van der Waals surface area contributed by atoms with Crippen molar-refractivity contribution < 1.29 is 4.79 Å². The van der Waals surface area contributed by atoms with Crippen molar-refractivity contribution in [3.63, 3.8) is 0 Å². The third kappa shape index (κ3) is 2.46. The van der Waals surface area contributed by atoms with Gasteiger partial charge in [-0.3, -0.25) is 4.79 Å². The molecule has 0 fully saturated rings. The van der Waals surface area contributed by atoms with Crippen molar-refractivity contribution in [1.29, 1.82) is 0 Å². The first-order valence-corrected chi connectivity index (χ1v) is 5.95. The van der Waals surface area contributed by atoms with Crippen molar-refractivity contribution >= 4 is 17.2 Å². The Morgan fingerprint density at radius 2 is 2.29 bits per heavy atom. The first-order valence-electron chi connectivity index (χ1n) is 5.95. The summed E-state index contributed by atoms with van der Waals surface area (Å²) in [5, 5.41) is 2.94. The maximum absolute atomic E-state index is 11.7. The minimum Gasteiger partial charge on any atom is -0.325 e. The third-order valence-electron chi connectivity index (χ3n) is 2.85. The Bertz CT molecular complexity index is 530. The van der Waals surface area contributed by atoms with Crippen molar-refractivity contribution in [3.05, 3.63) is 30.2 Å². The molecular formula is C13H17N3O. The molecule has 4 heteroatoms. The second-order valence-corrected chi connectivity index (χ2v) is 4.14. The van der Waals surface area contributed by atoms with Gasteiger partial charge in [0.2, 0.25) is 5.91 Å². The SMILES string of the molecule is CCCCC(=O)Nc1ccc2nccn2c1C. The second-order valence-electron chi connectivity index (χ2n) is 4.14. The van der Waals surface area contributed by atoms with E-state index in [1.807, 2.05) is 29.7 Å². The van der Waals surface area contributed by atoms with E-state index >= 15 is 0 Å². The van der Waals surface area contributed by atoms with Crippen molar-refractivity contribution in [2.24, 2.45) is 0 Å². The molecule has 1 amide bonds.